The van der Waals surface area contributed by atoms with Crippen LogP contribution in [0.25, 0.3) is 0 Å². The molecule has 0 saturated carbocycles. The van der Waals surface area contributed by atoms with Crippen molar-refractivity contribution in [2.24, 2.45) is 5.92 Å². The maximum absolute atomic E-state index is 2.66. The molecular weight excluding hydrogens is 178 g/mol. The Kier molecular flexibility index (Phi) is 4.11. The van der Waals surface area contributed by atoms with E-state index in [1.54, 1.807) is 0 Å². The minimum atomic E-state index is 0.428. The highest BCUT2D eigenvalue weighted by Crippen LogP contribution is 2.26. The number of hydrogen-bond donors (Lipinski definition) is 0. The molecule has 0 unspecified atom stereocenters. The molecule has 0 atom stereocenters. The second-order valence-corrected chi connectivity index (χ2v) is 6.14. The lowest BCUT2D eigenvalue weighted by atomic mass is 10.0. The Hall–Kier alpha value is 0.310. The Labute approximate surface area is 87.3 Å². The number of nitrogens with zero attached hydrogens (tertiary/aromatic N) is 1. The summed E-state index contributed by atoms with van der Waals surface area (Å²) in [6.07, 6.45) is 1.34. The Balaban J connectivity index is 2.37. The van der Waals surface area contributed by atoms with Gasteiger partial charge in [0.25, 0.3) is 0 Å². The van der Waals surface area contributed by atoms with Crippen molar-refractivity contribution in [1.29, 1.82) is 0 Å². The quantitative estimate of drug-likeness (QED) is 0.691. The molecule has 0 aromatic heterocycles. The van der Waals surface area contributed by atoms with E-state index >= 15 is 0 Å². The Morgan fingerprint density at radius 2 is 2.08 bits per heavy atom. The van der Waals surface area contributed by atoms with Crippen LogP contribution in [0.1, 0.15) is 34.1 Å². The van der Waals surface area contributed by atoms with Crippen LogP contribution in [0.15, 0.2) is 0 Å². The first kappa shape index (κ1) is 11.4. The van der Waals surface area contributed by atoms with Crippen LogP contribution in [0.3, 0.4) is 0 Å². The summed E-state index contributed by atoms with van der Waals surface area (Å²) in [4.78, 5) is 2.66. The number of rotatable bonds is 3. The summed E-state index contributed by atoms with van der Waals surface area (Å²) >= 11 is 2.10. The number of thioether (sulfide) groups is 1. The number of hydrogen-bond acceptors (Lipinski definition) is 2. The SMILES string of the molecule is CC(C)CCN1CCSCC1(C)C. The Morgan fingerprint density at radius 3 is 2.62 bits per heavy atom. The molecule has 1 rings (SSSR count). The smallest absolute Gasteiger partial charge is 0.0243 e. The zero-order valence-electron chi connectivity index (χ0n) is 9.47. The van der Waals surface area contributed by atoms with E-state index in [9.17, 15) is 0 Å². The average Bonchev–Trinajstić information content (AvgIpc) is 2.01. The van der Waals surface area contributed by atoms with Crippen molar-refractivity contribution in [2.75, 3.05) is 24.6 Å². The summed E-state index contributed by atoms with van der Waals surface area (Å²) in [7, 11) is 0. The molecule has 1 aliphatic rings. The van der Waals surface area contributed by atoms with Gasteiger partial charge in [-0.1, -0.05) is 13.8 Å². The molecule has 1 fully saturated rings. The van der Waals surface area contributed by atoms with E-state index in [4.69, 9.17) is 0 Å². The molecule has 0 bridgehead atoms. The fourth-order valence-corrected chi connectivity index (χ4v) is 2.90. The fraction of sp³-hybridized carbons (Fsp3) is 1.00. The summed E-state index contributed by atoms with van der Waals surface area (Å²) in [5.74, 6) is 3.46. The van der Waals surface area contributed by atoms with Crippen LogP contribution in [0.2, 0.25) is 0 Å². The second-order valence-electron chi connectivity index (χ2n) is 5.03. The van der Waals surface area contributed by atoms with Gasteiger partial charge >= 0.3 is 0 Å². The van der Waals surface area contributed by atoms with Crippen LogP contribution >= 0.6 is 11.8 Å². The average molecular weight is 201 g/mol. The van der Waals surface area contributed by atoms with E-state index in [2.05, 4.69) is 44.4 Å². The van der Waals surface area contributed by atoms with Crippen molar-refractivity contribution in [1.82, 2.24) is 4.90 Å². The first-order valence-electron chi connectivity index (χ1n) is 5.35. The third-order valence-electron chi connectivity index (χ3n) is 2.79. The molecule has 0 spiro atoms. The van der Waals surface area contributed by atoms with Gasteiger partial charge in [0, 0.05) is 23.6 Å². The zero-order valence-corrected chi connectivity index (χ0v) is 10.3. The lowest BCUT2D eigenvalue weighted by Crippen LogP contribution is -2.50. The van der Waals surface area contributed by atoms with Crippen molar-refractivity contribution in [3.8, 4) is 0 Å². The van der Waals surface area contributed by atoms with E-state index in [0.29, 0.717) is 5.54 Å². The molecular formula is C11H23NS. The summed E-state index contributed by atoms with van der Waals surface area (Å²) in [6, 6.07) is 0. The third-order valence-corrected chi connectivity index (χ3v) is 4.18. The molecule has 0 amide bonds. The summed E-state index contributed by atoms with van der Waals surface area (Å²) < 4.78 is 0. The van der Waals surface area contributed by atoms with Gasteiger partial charge < -0.3 is 0 Å². The molecule has 1 nitrogen and oxygen atoms in total. The lowest BCUT2D eigenvalue weighted by Gasteiger charge is -2.42. The van der Waals surface area contributed by atoms with Gasteiger partial charge in [0.1, 0.15) is 0 Å². The molecule has 0 aromatic rings. The van der Waals surface area contributed by atoms with E-state index in [0.717, 1.165) is 5.92 Å². The standard InChI is InChI=1S/C11H23NS/c1-10(2)5-6-12-7-8-13-9-11(12,3)4/h10H,5-9H2,1-4H3. The minimum Gasteiger partial charge on any atom is -0.297 e. The normalized spacial score (nSPS) is 23.8. The van der Waals surface area contributed by atoms with Crippen LogP contribution in [0.4, 0.5) is 0 Å². The first-order valence-corrected chi connectivity index (χ1v) is 6.50. The third kappa shape index (κ3) is 3.51. The van der Waals surface area contributed by atoms with Gasteiger partial charge in [0.2, 0.25) is 0 Å². The first-order chi connectivity index (χ1) is 6.02. The topological polar surface area (TPSA) is 3.24 Å². The van der Waals surface area contributed by atoms with Crippen LogP contribution < -0.4 is 0 Å². The van der Waals surface area contributed by atoms with Gasteiger partial charge in [-0.15, -0.1) is 0 Å². The Morgan fingerprint density at radius 1 is 1.38 bits per heavy atom. The molecule has 0 radical (unpaired) electrons. The predicted molar refractivity (Wildman–Crippen MR) is 62.4 cm³/mol. The molecule has 1 saturated heterocycles. The molecule has 0 aromatic carbocycles. The summed E-state index contributed by atoms with van der Waals surface area (Å²) in [5, 5.41) is 0. The maximum Gasteiger partial charge on any atom is 0.0243 e. The van der Waals surface area contributed by atoms with Crippen LogP contribution in [-0.2, 0) is 0 Å². The van der Waals surface area contributed by atoms with Gasteiger partial charge in [-0.25, -0.2) is 0 Å². The van der Waals surface area contributed by atoms with Crippen LogP contribution in [-0.4, -0.2) is 35.0 Å². The molecule has 78 valence electrons. The fourth-order valence-electron chi connectivity index (χ4n) is 1.72. The van der Waals surface area contributed by atoms with E-state index < -0.39 is 0 Å². The van der Waals surface area contributed by atoms with Crippen molar-refractivity contribution >= 4 is 11.8 Å². The molecule has 1 aliphatic heterocycles. The molecule has 0 aliphatic carbocycles. The Bertz CT molecular complexity index is 154. The van der Waals surface area contributed by atoms with Gasteiger partial charge in [0.15, 0.2) is 0 Å². The lowest BCUT2D eigenvalue weighted by molar-refractivity contribution is 0.137. The monoisotopic (exact) mass is 201 g/mol. The van der Waals surface area contributed by atoms with Gasteiger partial charge in [-0.3, -0.25) is 4.90 Å². The van der Waals surface area contributed by atoms with E-state index in [-0.39, 0.29) is 0 Å². The predicted octanol–water partition coefficient (Wildman–Crippen LogP) is 2.86. The van der Waals surface area contributed by atoms with Crippen molar-refractivity contribution in [3.63, 3.8) is 0 Å². The van der Waals surface area contributed by atoms with Crippen molar-refractivity contribution in [3.05, 3.63) is 0 Å². The zero-order chi connectivity index (χ0) is 9.90. The highest BCUT2D eigenvalue weighted by Gasteiger charge is 2.29. The minimum absolute atomic E-state index is 0.428. The van der Waals surface area contributed by atoms with Gasteiger partial charge in [-0.2, -0.15) is 11.8 Å². The molecule has 1 heterocycles. The highest BCUT2D eigenvalue weighted by atomic mass is 32.2. The van der Waals surface area contributed by atoms with Gasteiger partial charge in [0.05, 0.1) is 0 Å². The molecule has 0 N–H and O–H groups in total. The maximum atomic E-state index is 2.66. The van der Waals surface area contributed by atoms with Gasteiger partial charge in [-0.05, 0) is 32.7 Å². The van der Waals surface area contributed by atoms with Crippen LogP contribution in [0.5, 0.6) is 0 Å². The second kappa shape index (κ2) is 4.70. The summed E-state index contributed by atoms with van der Waals surface area (Å²) in [5.41, 5.74) is 0.428. The van der Waals surface area contributed by atoms with Crippen molar-refractivity contribution in [2.45, 2.75) is 39.7 Å². The molecule has 13 heavy (non-hydrogen) atoms. The highest BCUT2D eigenvalue weighted by molar-refractivity contribution is 7.99. The van der Waals surface area contributed by atoms with Crippen molar-refractivity contribution < 1.29 is 0 Å². The largest absolute Gasteiger partial charge is 0.297 e. The van der Waals surface area contributed by atoms with Crippen LogP contribution in [0, 0.1) is 5.92 Å². The summed E-state index contributed by atoms with van der Waals surface area (Å²) in [6.45, 7) is 11.9. The van der Waals surface area contributed by atoms with E-state index in [1.807, 2.05) is 0 Å². The van der Waals surface area contributed by atoms with E-state index in [1.165, 1.54) is 31.0 Å². The molecule has 2 heteroatoms.